The fraction of sp³-hybridized carbons (Fsp3) is 0.444. The predicted molar refractivity (Wildman–Crippen MR) is 92.1 cm³/mol. The highest BCUT2D eigenvalue weighted by atomic mass is 35.5. The maximum absolute atomic E-state index is 14.1. The molecular formula is C18H20ClFN2O3. The van der Waals surface area contributed by atoms with Crippen molar-refractivity contribution in [3.05, 3.63) is 40.4 Å². The summed E-state index contributed by atoms with van der Waals surface area (Å²) >= 11 is 6.07. The van der Waals surface area contributed by atoms with Gasteiger partial charge in [0.05, 0.1) is 10.6 Å². The van der Waals surface area contributed by atoms with E-state index in [0.29, 0.717) is 25.3 Å². The Morgan fingerprint density at radius 1 is 1.48 bits per heavy atom. The fourth-order valence-corrected chi connectivity index (χ4v) is 2.79. The first-order chi connectivity index (χ1) is 12.1. The Kier molecular flexibility index (Phi) is 5.71. The Bertz CT molecular complexity index is 739. The van der Waals surface area contributed by atoms with Crippen LogP contribution in [-0.4, -0.2) is 30.8 Å². The summed E-state index contributed by atoms with van der Waals surface area (Å²) in [6.07, 6.45) is 3.22. The Morgan fingerprint density at radius 3 is 3.00 bits per heavy atom. The summed E-state index contributed by atoms with van der Waals surface area (Å²) in [7, 11) is 0. The SMILES string of the molecule is Cc1onc(-c2c(F)cccc2Cl)c1C(=O)NCCCOCC1CC1. The van der Waals surface area contributed by atoms with Crippen LogP contribution < -0.4 is 5.32 Å². The van der Waals surface area contributed by atoms with E-state index in [1.165, 1.54) is 25.0 Å². The molecule has 1 aliphatic rings. The number of carbonyl (C=O) groups is 1. The van der Waals surface area contributed by atoms with Crippen LogP contribution in [0.3, 0.4) is 0 Å². The molecule has 0 unspecified atom stereocenters. The van der Waals surface area contributed by atoms with Crippen molar-refractivity contribution in [2.75, 3.05) is 19.8 Å². The molecule has 25 heavy (non-hydrogen) atoms. The molecule has 0 aliphatic heterocycles. The lowest BCUT2D eigenvalue weighted by atomic mass is 10.0. The third-order valence-corrected chi connectivity index (χ3v) is 4.41. The number of nitrogens with zero attached hydrogens (tertiary/aromatic N) is 1. The highest BCUT2D eigenvalue weighted by molar-refractivity contribution is 6.33. The van der Waals surface area contributed by atoms with E-state index in [0.717, 1.165) is 12.5 Å². The molecule has 0 bridgehead atoms. The molecule has 0 saturated heterocycles. The molecule has 1 aromatic heterocycles. The Balaban J connectivity index is 1.63. The molecule has 5 nitrogen and oxygen atoms in total. The number of amides is 1. The summed E-state index contributed by atoms with van der Waals surface area (Å²) in [5, 5.41) is 6.80. The minimum atomic E-state index is -0.552. The van der Waals surface area contributed by atoms with Gasteiger partial charge in [0.15, 0.2) is 0 Å². The number of rotatable bonds is 8. The lowest BCUT2D eigenvalue weighted by molar-refractivity contribution is 0.0936. The van der Waals surface area contributed by atoms with Crippen molar-refractivity contribution in [1.82, 2.24) is 10.5 Å². The van der Waals surface area contributed by atoms with Crippen LogP contribution in [0.25, 0.3) is 11.3 Å². The van der Waals surface area contributed by atoms with Gasteiger partial charge in [0, 0.05) is 19.8 Å². The quantitative estimate of drug-likeness (QED) is 0.717. The minimum Gasteiger partial charge on any atom is -0.381 e. The van der Waals surface area contributed by atoms with E-state index < -0.39 is 5.82 Å². The Morgan fingerprint density at radius 2 is 2.28 bits per heavy atom. The number of hydrogen-bond donors (Lipinski definition) is 1. The number of ether oxygens (including phenoxy) is 1. The van der Waals surface area contributed by atoms with Gasteiger partial charge in [-0.15, -0.1) is 0 Å². The van der Waals surface area contributed by atoms with Crippen molar-refractivity contribution >= 4 is 17.5 Å². The largest absolute Gasteiger partial charge is 0.381 e. The van der Waals surface area contributed by atoms with Gasteiger partial charge in [0.1, 0.15) is 22.8 Å². The average molecular weight is 367 g/mol. The van der Waals surface area contributed by atoms with Crippen molar-refractivity contribution in [3.63, 3.8) is 0 Å². The molecular weight excluding hydrogens is 347 g/mol. The van der Waals surface area contributed by atoms with Gasteiger partial charge in [-0.2, -0.15) is 0 Å². The molecule has 0 radical (unpaired) electrons. The lowest BCUT2D eigenvalue weighted by Crippen LogP contribution is -2.26. The average Bonchev–Trinajstić information content (AvgIpc) is 3.32. The van der Waals surface area contributed by atoms with Crippen LogP contribution in [-0.2, 0) is 4.74 Å². The van der Waals surface area contributed by atoms with Gasteiger partial charge in [-0.05, 0) is 44.2 Å². The zero-order valence-corrected chi connectivity index (χ0v) is 14.7. The Hall–Kier alpha value is -1.92. The van der Waals surface area contributed by atoms with Gasteiger partial charge < -0.3 is 14.6 Å². The topological polar surface area (TPSA) is 64.4 Å². The van der Waals surface area contributed by atoms with Gasteiger partial charge in [0.2, 0.25) is 0 Å². The van der Waals surface area contributed by atoms with Crippen molar-refractivity contribution < 1.29 is 18.4 Å². The monoisotopic (exact) mass is 366 g/mol. The zero-order valence-electron chi connectivity index (χ0n) is 14.0. The number of halogens is 2. The van der Waals surface area contributed by atoms with E-state index >= 15 is 0 Å². The van der Waals surface area contributed by atoms with Gasteiger partial charge in [-0.1, -0.05) is 22.8 Å². The number of aromatic nitrogens is 1. The van der Waals surface area contributed by atoms with Gasteiger partial charge in [-0.3, -0.25) is 4.79 Å². The van der Waals surface area contributed by atoms with Crippen LogP contribution in [0.1, 0.15) is 35.4 Å². The highest BCUT2D eigenvalue weighted by Crippen LogP contribution is 2.33. The maximum Gasteiger partial charge on any atom is 0.257 e. The number of nitrogens with one attached hydrogen (secondary N) is 1. The van der Waals surface area contributed by atoms with Crippen LogP contribution in [0.15, 0.2) is 22.7 Å². The first-order valence-corrected chi connectivity index (χ1v) is 8.72. The van der Waals surface area contributed by atoms with Crippen LogP contribution in [0.4, 0.5) is 4.39 Å². The lowest BCUT2D eigenvalue weighted by Gasteiger charge is -2.08. The second-order valence-corrected chi connectivity index (χ2v) is 6.59. The second-order valence-electron chi connectivity index (χ2n) is 6.19. The standard InChI is InChI=1S/C18H20ClFN2O3/c1-11-15(18(23)21-8-3-9-24-10-12-6-7-12)17(22-25-11)16-13(19)4-2-5-14(16)20/h2,4-5,12H,3,6-10H2,1H3,(H,21,23). The molecule has 3 rings (SSSR count). The minimum absolute atomic E-state index is 0.0685. The van der Waals surface area contributed by atoms with Crippen molar-refractivity contribution in [2.24, 2.45) is 5.92 Å². The first kappa shape index (κ1) is 17.9. The summed E-state index contributed by atoms with van der Waals surface area (Å²) in [5.74, 6) is 0.123. The van der Waals surface area contributed by atoms with Crippen molar-refractivity contribution in [2.45, 2.75) is 26.2 Å². The number of carbonyl (C=O) groups excluding carboxylic acids is 1. The number of aryl methyl sites for hydroxylation is 1. The van der Waals surface area contributed by atoms with Crippen LogP contribution in [0.2, 0.25) is 5.02 Å². The summed E-state index contributed by atoms with van der Waals surface area (Å²) in [6, 6.07) is 4.31. The third kappa shape index (κ3) is 4.38. The van der Waals surface area contributed by atoms with E-state index in [2.05, 4.69) is 10.5 Å². The molecule has 134 valence electrons. The predicted octanol–water partition coefficient (Wildman–Crippen LogP) is 3.99. The van der Waals surface area contributed by atoms with E-state index in [1.54, 1.807) is 13.0 Å². The Labute approximate surface area is 150 Å². The second kappa shape index (κ2) is 7.97. The van der Waals surface area contributed by atoms with E-state index in [4.69, 9.17) is 20.9 Å². The maximum atomic E-state index is 14.1. The van der Waals surface area contributed by atoms with Crippen LogP contribution >= 0.6 is 11.6 Å². The van der Waals surface area contributed by atoms with Gasteiger partial charge in [-0.25, -0.2) is 4.39 Å². The molecule has 1 aromatic carbocycles. The normalized spacial score (nSPS) is 13.9. The smallest absolute Gasteiger partial charge is 0.257 e. The molecule has 0 atom stereocenters. The molecule has 1 N–H and O–H groups in total. The summed E-state index contributed by atoms with van der Waals surface area (Å²) in [6.45, 7) is 3.47. The molecule has 0 spiro atoms. The number of hydrogen-bond acceptors (Lipinski definition) is 4. The first-order valence-electron chi connectivity index (χ1n) is 8.34. The zero-order chi connectivity index (χ0) is 17.8. The number of benzene rings is 1. The van der Waals surface area contributed by atoms with Crippen molar-refractivity contribution in [1.29, 1.82) is 0 Å². The molecule has 1 amide bonds. The van der Waals surface area contributed by atoms with Gasteiger partial charge in [0.25, 0.3) is 5.91 Å². The molecule has 1 heterocycles. The molecule has 1 fully saturated rings. The summed E-state index contributed by atoms with van der Waals surface area (Å²) < 4.78 is 24.8. The van der Waals surface area contributed by atoms with E-state index in [-0.39, 0.29) is 27.8 Å². The highest BCUT2D eigenvalue weighted by Gasteiger charge is 2.25. The molecule has 1 aliphatic carbocycles. The van der Waals surface area contributed by atoms with E-state index in [9.17, 15) is 9.18 Å². The molecule has 1 saturated carbocycles. The summed E-state index contributed by atoms with van der Waals surface area (Å²) in [4.78, 5) is 12.5. The summed E-state index contributed by atoms with van der Waals surface area (Å²) in [5.41, 5.74) is 0.382. The van der Waals surface area contributed by atoms with Crippen molar-refractivity contribution in [3.8, 4) is 11.3 Å². The molecule has 7 heteroatoms. The van der Waals surface area contributed by atoms with Crippen LogP contribution in [0.5, 0.6) is 0 Å². The third-order valence-electron chi connectivity index (χ3n) is 4.09. The van der Waals surface area contributed by atoms with Crippen LogP contribution in [0, 0.1) is 18.7 Å². The fourth-order valence-electron chi connectivity index (χ4n) is 2.53. The van der Waals surface area contributed by atoms with E-state index in [1.807, 2.05) is 0 Å². The van der Waals surface area contributed by atoms with Gasteiger partial charge >= 0.3 is 0 Å². The molecule has 2 aromatic rings.